The summed E-state index contributed by atoms with van der Waals surface area (Å²) in [6.07, 6.45) is 5.28. The monoisotopic (exact) mass is 382 g/mol. The first kappa shape index (κ1) is 16.2. The summed E-state index contributed by atoms with van der Waals surface area (Å²) in [5, 5.41) is 2.70. The Bertz CT molecular complexity index is 1140. The first-order valence-electron chi connectivity index (χ1n) is 8.82. The van der Waals surface area contributed by atoms with Crippen molar-refractivity contribution < 1.29 is 4.79 Å². The van der Waals surface area contributed by atoms with Crippen LogP contribution in [0.3, 0.4) is 0 Å². The van der Waals surface area contributed by atoms with Crippen molar-refractivity contribution in [2.75, 3.05) is 28.6 Å². The van der Waals surface area contributed by atoms with E-state index >= 15 is 0 Å². The standard InChI is InChI=1S/C18H18N6O2S/c1-22-6-4-11-13(9-27-14(11)17(22)26)24-8-10-3-2-5-23(10)15-12(16(24)25)7-20-18(19)21-15/h4,6-7,9-10H,2-3,5,8H2,1H3,(H2,19,20,21)/t10-/m0/s1. The molecule has 8 nitrogen and oxygen atoms in total. The summed E-state index contributed by atoms with van der Waals surface area (Å²) in [6.45, 7) is 1.40. The molecular formula is C18H18N6O2S. The van der Waals surface area contributed by atoms with Crippen molar-refractivity contribution in [3.8, 4) is 0 Å². The van der Waals surface area contributed by atoms with E-state index in [1.807, 2.05) is 11.4 Å². The van der Waals surface area contributed by atoms with Crippen LogP contribution in [0.15, 0.2) is 28.6 Å². The zero-order valence-corrected chi connectivity index (χ0v) is 15.6. The van der Waals surface area contributed by atoms with E-state index < -0.39 is 0 Å². The highest BCUT2D eigenvalue weighted by molar-refractivity contribution is 7.17. The van der Waals surface area contributed by atoms with Gasteiger partial charge in [-0.3, -0.25) is 9.59 Å². The maximum atomic E-state index is 13.4. The Morgan fingerprint density at radius 1 is 1.33 bits per heavy atom. The van der Waals surface area contributed by atoms with E-state index in [1.165, 1.54) is 17.5 Å². The summed E-state index contributed by atoms with van der Waals surface area (Å²) >= 11 is 1.37. The predicted molar refractivity (Wildman–Crippen MR) is 106 cm³/mol. The number of amides is 1. The van der Waals surface area contributed by atoms with Crippen molar-refractivity contribution in [3.63, 3.8) is 0 Å². The molecule has 0 aliphatic carbocycles. The van der Waals surface area contributed by atoms with Crippen LogP contribution in [0.25, 0.3) is 10.1 Å². The number of carbonyl (C=O) groups is 1. The molecule has 2 aliphatic heterocycles. The lowest BCUT2D eigenvalue weighted by atomic mass is 10.2. The van der Waals surface area contributed by atoms with Gasteiger partial charge in [-0.25, -0.2) is 4.98 Å². The van der Waals surface area contributed by atoms with Gasteiger partial charge in [0.05, 0.1) is 5.69 Å². The summed E-state index contributed by atoms with van der Waals surface area (Å²) in [5.41, 5.74) is 6.96. The number of nitrogens with zero attached hydrogens (tertiary/aromatic N) is 5. The molecule has 0 bridgehead atoms. The highest BCUT2D eigenvalue weighted by Crippen LogP contribution is 2.37. The van der Waals surface area contributed by atoms with Crippen molar-refractivity contribution in [2.45, 2.75) is 18.9 Å². The topological polar surface area (TPSA) is 97.3 Å². The molecule has 1 atom stereocenters. The maximum Gasteiger partial charge on any atom is 0.268 e. The summed E-state index contributed by atoms with van der Waals surface area (Å²) < 4.78 is 2.21. The molecule has 1 saturated heterocycles. The number of hydrogen-bond acceptors (Lipinski definition) is 7. The third kappa shape index (κ3) is 2.34. The van der Waals surface area contributed by atoms with Gasteiger partial charge in [-0.2, -0.15) is 4.98 Å². The molecule has 3 aromatic rings. The quantitative estimate of drug-likeness (QED) is 0.687. The summed E-state index contributed by atoms with van der Waals surface area (Å²) in [4.78, 5) is 38.1. The highest BCUT2D eigenvalue weighted by atomic mass is 32.1. The molecule has 5 heterocycles. The fraction of sp³-hybridized carbons (Fsp3) is 0.333. The second kappa shape index (κ2) is 5.78. The lowest BCUT2D eigenvalue weighted by Gasteiger charge is -2.26. The smallest absolute Gasteiger partial charge is 0.268 e. The van der Waals surface area contributed by atoms with E-state index in [9.17, 15) is 9.59 Å². The Balaban J connectivity index is 1.69. The average molecular weight is 382 g/mol. The SMILES string of the molecule is Cn1ccc2c(N3C[C@@H]4CCCN4c4nc(N)ncc4C3=O)csc2c1=O. The van der Waals surface area contributed by atoms with Crippen LogP contribution in [0, 0.1) is 0 Å². The number of nitrogen functional groups attached to an aromatic ring is 1. The van der Waals surface area contributed by atoms with Crippen LogP contribution in [0.1, 0.15) is 23.2 Å². The summed E-state index contributed by atoms with van der Waals surface area (Å²) in [5.74, 6) is 0.637. The van der Waals surface area contributed by atoms with E-state index in [1.54, 1.807) is 22.7 Å². The Morgan fingerprint density at radius 3 is 3.04 bits per heavy atom. The maximum absolute atomic E-state index is 13.4. The molecule has 0 unspecified atom stereocenters. The Kier molecular flexibility index (Phi) is 3.48. The van der Waals surface area contributed by atoms with Gasteiger partial charge in [0.1, 0.15) is 16.1 Å². The van der Waals surface area contributed by atoms with E-state index in [0.717, 1.165) is 30.5 Å². The summed E-state index contributed by atoms with van der Waals surface area (Å²) in [6, 6.07) is 2.07. The normalized spacial score (nSPS) is 19.3. The molecular weight excluding hydrogens is 364 g/mol. The minimum Gasteiger partial charge on any atom is -0.368 e. The second-order valence-corrected chi connectivity index (χ2v) is 7.85. The van der Waals surface area contributed by atoms with Crippen molar-refractivity contribution >= 4 is 44.8 Å². The fourth-order valence-electron chi connectivity index (χ4n) is 4.01. The van der Waals surface area contributed by atoms with Crippen LogP contribution in [-0.4, -0.2) is 39.6 Å². The number of fused-ring (bicyclic) bond motifs is 4. The molecule has 0 radical (unpaired) electrons. The van der Waals surface area contributed by atoms with E-state index in [2.05, 4.69) is 14.9 Å². The molecule has 0 aromatic carbocycles. The zero-order valence-electron chi connectivity index (χ0n) is 14.8. The van der Waals surface area contributed by atoms with Gasteiger partial charge in [-0.1, -0.05) is 0 Å². The molecule has 2 N–H and O–H groups in total. The molecule has 1 amide bonds. The van der Waals surface area contributed by atoms with Gasteiger partial charge in [-0.15, -0.1) is 11.3 Å². The van der Waals surface area contributed by atoms with E-state index in [-0.39, 0.29) is 23.5 Å². The average Bonchev–Trinajstić information content (AvgIpc) is 3.27. The Morgan fingerprint density at radius 2 is 2.19 bits per heavy atom. The Hall–Kier alpha value is -2.94. The fourth-order valence-corrected chi connectivity index (χ4v) is 5.04. The first-order valence-corrected chi connectivity index (χ1v) is 9.70. The molecule has 5 rings (SSSR count). The number of nitrogens with two attached hydrogens (primary N) is 1. The molecule has 3 aromatic heterocycles. The Labute approximate surface area is 158 Å². The molecule has 138 valence electrons. The van der Waals surface area contributed by atoms with Crippen LogP contribution < -0.4 is 21.1 Å². The number of thiophene rings is 1. The van der Waals surface area contributed by atoms with Gasteiger partial charge >= 0.3 is 0 Å². The van der Waals surface area contributed by atoms with Crippen molar-refractivity contribution in [2.24, 2.45) is 7.05 Å². The van der Waals surface area contributed by atoms with Gasteiger partial charge in [0, 0.05) is 49.3 Å². The van der Waals surface area contributed by atoms with Crippen molar-refractivity contribution in [3.05, 3.63) is 39.8 Å². The predicted octanol–water partition coefficient (Wildman–Crippen LogP) is 1.60. The molecule has 27 heavy (non-hydrogen) atoms. The largest absolute Gasteiger partial charge is 0.368 e. The van der Waals surface area contributed by atoms with Crippen molar-refractivity contribution in [1.82, 2.24) is 14.5 Å². The van der Waals surface area contributed by atoms with Gasteiger partial charge in [0.2, 0.25) is 5.95 Å². The molecule has 2 aliphatic rings. The van der Waals surface area contributed by atoms with Gasteiger partial charge in [0.25, 0.3) is 11.5 Å². The van der Waals surface area contributed by atoms with Gasteiger partial charge in [-0.05, 0) is 18.9 Å². The lowest BCUT2D eigenvalue weighted by molar-refractivity contribution is 0.0988. The number of anilines is 3. The first-order chi connectivity index (χ1) is 13.0. The minimum atomic E-state index is -0.153. The second-order valence-electron chi connectivity index (χ2n) is 6.97. The zero-order chi connectivity index (χ0) is 18.7. The minimum absolute atomic E-state index is 0.0509. The van der Waals surface area contributed by atoms with Crippen LogP contribution in [0.2, 0.25) is 0 Å². The molecule has 0 spiro atoms. The van der Waals surface area contributed by atoms with E-state index in [0.29, 0.717) is 22.6 Å². The van der Waals surface area contributed by atoms with Crippen LogP contribution in [0.5, 0.6) is 0 Å². The summed E-state index contributed by atoms with van der Waals surface area (Å²) in [7, 11) is 1.73. The van der Waals surface area contributed by atoms with Gasteiger partial charge < -0.3 is 20.1 Å². The molecule has 0 saturated carbocycles. The van der Waals surface area contributed by atoms with Crippen LogP contribution in [-0.2, 0) is 7.05 Å². The number of carbonyl (C=O) groups excluding carboxylic acids is 1. The highest BCUT2D eigenvalue weighted by Gasteiger charge is 2.38. The number of aromatic nitrogens is 3. The lowest BCUT2D eigenvalue weighted by Crippen LogP contribution is -2.39. The number of hydrogen-bond donors (Lipinski definition) is 1. The van der Waals surface area contributed by atoms with Crippen LogP contribution >= 0.6 is 11.3 Å². The van der Waals surface area contributed by atoms with Crippen LogP contribution in [0.4, 0.5) is 17.5 Å². The van der Waals surface area contributed by atoms with Crippen molar-refractivity contribution in [1.29, 1.82) is 0 Å². The molecule has 9 heteroatoms. The third-order valence-electron chi connectivity index (χ3n) is 5.38. The van der Waals surface area contributed by atoms with Gasteiger partial charge in [0.15, 0.2) is 0 Å². The van der Waals surface area contributed by atoms with E-state index in [4.69, 9.17) is 5.73 Å². The molecule has 1 fully saturated rings. The number of rotatable bonds is 1. The number of aryl methyl sites for hydroxylation is 1. The third-order valence-corrected chi connectivity index (χ3v) is 6.36. The number of pyridine rings is 1.